The lowest BCUT2D eigenvalue weighted by molar-refractivity contribution is 0.0979. The van der Waals surface area contributed by atoms with Crippen molar-refractivity contribution in [3.8, 4) is 5.75 Å². The van der Waals surface area contributed by atoms with Crippen LogP contribution >= 0.6 is 22.9 Å². The summed E-state index contributed by atoms with van der Waals surface area (Å²) in [6.45, 7) is 4.28. The van der Waals surface area contributed by atoms with Gasteiger partial charge in [-0.05, 0) is 44.2 Å². The molecule has 30 heavy (non-hydrogen) atoms. The number of carbonyl (C=O) groups excluding carboxylic acids is 1. The van der Waals surface area contributed by atoms with Crippen LogP contribution in [0.2, 0.25) is 5.02 Å². The van der Waals surface area contributed by atoms with Crippen molar-refractivity contribution in [3.05, 3.63) is 65.2 Å². The Morgan fingerprint density at radius 2 is 2.10 bits per heavy atom. The molecule has 0 saturated carbocycles. The Labute approximate surface area is 182 Å². The Morgan fingerprint density at radius 1 is 1.27 bits per heavy atom. The summed E-state index contributed by atoms with van der Waals surface area (Å²) in [5.41, 5.74) is 1.71. The largest absolute Gasteiger partial charge is 0.494 e. The SMILES string of the molecule is COc1ccc(Cl)c2sc(N(Cc3ccccn3)C(=O)c3ccn(C(C)C)n3)nc12. The normalized spacial score (nSPS) is 11.2. The summed E-state index contributed by atoms with van der Waals surface area (Å²) in [6, 6.07) is 11.0. The number of halogens is 1. The van der Waals surface area contributed by atoms with E-state index in [9.17, 15) is 4.79 Å². The quantitative estimate of drug-likeness (QED) is 0.422. The number of amides is 1. The van der Waals surface area contributed by atoms with Gasteiger partial charge in [0.25, 0.3) is 5.91 Å². The average Bonchev–Trinajstić information content (AvgIpc) is 3.41. The highest BCUT2D eigenvalue weighted by atomic mass is 35.5. The molecule has 0 bridgehead atoms. The van der Waals surface area contributed by atoms with Gasteiger partial charge in [0, 0.05) is 18.4 Å². The maximum atomic E-state index is 13.4. The zero-order valence-electron chi connectivity index (χ0n) is 16.7. The summed E-state index contributed by atoms with van der Waals surface area (Å²) >= 11 is 7.72. The van der Waals surface area contributed by atoms with E-state index in [2.05, 4.69) is 15.1 Å². The first-order valence-electron chi connectivity index (χ1n) is 9.38. The van der Waals surface area contributed by atoms with E-state index in [1.165, 1.54) is 11.3 Å². The first kappa shape index (κ1) is 20.3. The Hall–Kier alpha value is -2.97. The highest BCUT2D eigenvalue weighted by Crippen LogP contribution is 2.39. The summed E-state index contributed by atoms with van der Waals surface area (Å²) in [5, 5.41) is 5.50. The van der Waals surface area contributed by atoms with Gasteiger partial charge in [-0.2, -0.15) is 5.10 Å². The van der Waals surface area contributed by atoms with E-state index in [4.69, 9.17) is 16.3 Å². The second-order valence-electron chi connectivity index (χ2n) is 6.91. The minimum Gasteiger partial charge on any atom is -0.494 e. The van der Waals surface area contributed by atoms with Gasteiger partial charge in [0.2, 0.25) is 0 Å². The number of anilines is 1. The van der Waals surface area contributed by atoms with E-state index in [-0.39, 0.29) is 18.5 Å². The molecule has 0 aliphatic rings. The third kappa shape index (κ3) is 3.88. The Kier molecular flexibility index (Phi) is 5.69. The molecule has 0 aliphatic heterocycles. The number of benzene rings is 1. The van der Waals surface area contributed by atoms with Crippen molar-refractivity contribution in [2.24, 2.45) is 0 Å². The number of ether oxygens (including phenoxy) is 1. The van der Waals surface area contributed by atoms with Gasteiger partial charge in [0.15, 0.2) is 10.8 Å². The van der Waals surface area contributed by atoms with E-state index < -0.39 is 0 Å². The van der Waals surface area contributed by atoms with Crippen LogP contribution in [0.3, 0.4) is 0 Å². The van der Waals surface area contributed by atoms with Gasteiger partial charge in [-0.15, -0.1) is 0 Å². The van der Waals surface area contributed by atoms with Gasteiger partial charge in [0.05, 0.1) is 29.1 Å². The molecule has 1 amide bonds. The van der Waals surface area contributed by atoms with Crippen molar-refractivity contribution in [2.45, 2.75) is 26.4 Å². The van der Waals surface area contributed by atoms with Gasteiger partial charge >= 0.3 is 0 Å². The molecule has 4 aromatic rings. The van der Waals surface area contributed by atoms with Crippen molar-refractivity contribution in [1.29, 1.82) is 0 Å². The smallest absolute Gasteiger partial charge is 0.280 e. The lowest BCUT2D eigenvalue weighted by Gasteiger charge is -2.18. The van der Waals surface area contributed by atoms with Gasteiger partial charge in [-0.1, -0.05) is 29.0 Å². The van der Waals surface area contributed by atoms with Gasteiger partial charge in [-0.3, -0.25) is 19.4 Å². The molecule has 0 aliphatic carbocycles. The number of thiazole rings is 1. The number of aromatic nitrogens is 4. The molecule has 0 atom stereocenters. The highest BCUT2D eigenvalue weighted by Gasteiger charge is 2.25. The number of rotatable bonds is 6. The minimum atomic E-state index is -0.255. The van der Waals surface area contributed by atoms with E-state index in [0.717, 1.165) is 10.4 Å². The minimum absolute atomic E-state index is 0.154. The Morgan fingerprint density at radius 3 is 2.77 bits per heavy atom. The van der Waals surface area contributed by atoms with Gasteiger partial charge in [0.1, 0.15) is 11.3 Å². The molecule has 3 heterocycles. The molecular formula is C21H20ClN5O2S. The Bertz CT molecular complexity index is 1190. The van der Waals surface area contributed by atoms with Crippen molar-refractivity contribution >= 4 is 44.2 Å². The summed E-state index contributed by atoms with van der Waals surface area (Å²) in [5.74, 6) is 0.348. The maximum Gasteiger partial charge on any atom is 0.280 e. The predicted octanol–water partition coefficient (Wildman–Crippen LogP) is 4.98. The zero-order valence-corrected chi connectivity index (χ0v) is 18.3. The fourth-order valence-electron chi connectivity index (χ4n) is 2.98. The van der Waals surface area contributed by atoms with Crippen LogP contribution in [0.1, 0.15) is 36.1 Å². The molecule has 0 N–H and O–H groups in total. The average molecular weight is 442 g/mol. The first-order valence-corrected chi connectivity index (χ1v) is 10.6. The fraction of sp³-hybridized carbons (Fsp3) is 0.238. The van der Waals surface area contributed by atoms with Crippen LogP contribution in [0.5, 0.6) is 5.75 Å². The number of carbonyl (C=O) groups is 1. The molecule has 7 nitrogen and oxygen atoms in total. The second kappa shape index (κ2) is 8.41. The summed E-state index contributed by atoms with van der Waals surface area (Å²) in [7, 11) is 1.58. The first-order chi connectivity index (χ1) is 14.5. The topological polar surface area (TPSA) is 73.1 Å². The molecule has 0 saturated heterocycles. The molecule has 9 heteroatoms. The molecule has 0 radical (unpaired) electrons. The lowest BCUT2D eigenvalue weighted by atomic mass is 10.3. The second-order valence-corrected chi connectivity index (χ2v) is 8.30. The molecule has 3 aromatic heterocycles. The van der Waals surface area contributed by atoms with Gasteiger partial charge < -0.3 is 4.74 Å². The van der Waals surface area contributed by atoms with Crippen molar-refractivity contribution in [3.63, 3.8) is 0 Å². The van der Waals surface area contributed by atoms with Crippen LogP contribution < -0.4 is 9.64 Å². The fourth-order valence-corrected chi connectivity index (χ4v) is 4.23. The van der Waals surface area contributed by atoms with Crippen LogP contribution in [-0.2, 0) is 6.54 Å². The molecular weight excluding hydrogens is 422 g/mol. The van der Waals surface area contributed by atoms with E-state index in [1.54, 1.807) is 47.3 Å². The standard InChI is InChI=1S/C21H20ClN5O2S/c1-13(2)27-11-9-16(25-27)20(28)26(12-14-6-4-5-10-23-14)21-24-18-17(29-3)8-7-15(22)19(18)30-21/h4-11,13H,12H2,1-3H3. The third-order valence-corrected chi connectivity index (χ3v) is 6.08. The van der Waals surface area contributed by atoms with Crippen molar-refractivity contribution in [1.82, 2.24) is 19.7 Å². The third-order valence-electron chi connectivity index (χ3n) is 4.55. The van der Waals surface area contributed by atoms with Crippen LogP contribution in [0.25, 0.3) is 10.2 Å². The van der Waals surface area contributed by atoms with E-state index >= 15 is 0 Å². The van der Waals surface area contributed by atoms with Gasteiger partial charge in [-0.25, -0.2) is 4.98 Å². The molecule has 0 fully saturated rings. The van der Waals surface area contributed by atoms with Crippen LogP contribution in [0, 0.1) is 0 Å². The lowest BCUT2D eigenvalue weighted by Crippen LogP contribution is -2.31. The van der Waals surface area contributed by atoms with Crippen LogP contribution in [0.4, 0.5) is 5.13 Å². The molecule has 154 valence electrons. The van der Waals surface area contributed by atoms with Crippen molar-refractivity contribution in [2.75, 3.05) is 12.0 Å². The number of nitrogens with zero attached hydrogens (tertiary/aromatic N) is 5. The summed E-state index contributed by atoms with van der Waals surface area (Å²) in [4.78, 5) is 24.1. The maximum absolute atomic E-state index is 13.4. The predicted molar refractivity (Wildman–Crippen MR) is 119 cm³/mol. The molecule has 1 aromatic carbocycles. The number of hydrogen-bond acceptors (Lipinski definition) is 6. The molecule has 0 unspecified atom stereocenters. The van der Waals surface area contributed by atoms with E-state index in [1.807, 2.05) is 32.0 Å². The molecule has 0 spiro atoms. The number of pyridine rings is 1. The monoisotopic (exact) mass is 441 g/mol. The number of hydrogen-bond donors (Lipinski definition) is 0. The highest BCUT2D eigenvalue weighted by molar-refractivity contribution is 7.23. The van der Waals surface area contributed by atoms with Crippen LogP contribution in [0.15, 0.2) is 48.8 Å². The van der Waals surface area contributed by atoms with Crippen molar-refractivity contribution < 1.29 is 9.53 Å². The summed E-state index contributed by atoms with van der Waals surface area (Å²) in [6.07, 6.45) is 3.50. The van der Waals surface area contributed by atoms with E-state index in [0.29, 0.717) is 27.1 Å². The number of fused-ring (bicyclic) bond motifs is 1. The zero-order chi connectivity index (χ0) is 21.3. The summed E-state index contributed by atoms with van der Waals surface area (Å²) < 4.78 is 7.94. The Balaban J connectivity index is 1.79. The molecule has 4 rings (SSSR count). The van der Waals surface area contributed by atoms with Crippen LogP contribution in [-0.4, -0.2) is 32.8 Å². The number of methoxy groups -OCH3 is 1.